The fraction of sp³-hybridized carbons (Fsp3) is 0.920. The van der Waals surface area contributed by atoms with Crippen LogP contribution in [-0.4, -0.2) is 44.1 Å². The Bertz CT molecular complexity index is 568. The van der Waals surface area contributed by atoms with Gasteiger partial charge in [0.25, 0.3) is 0 Å². The van der Waals surface area contributed by atoms with E-state index in [4.69, 9.17) is 13.9 Å². The molecule has 0 spiro atoms. The van der Waals surface area contributed by atoms with Crippen LogP contribution in [-0.2, 0) is 13.9 Å². The van der Waals surface area contributed by atoms with E-state index in [0.717, 1.165) is 0 Å². The molecule has 0 unspecified atom stereocenters. The largest absolute Gasteiger partial charge is 0.413 e. The van der Waals surface area contributed by atoms with Crippen molar-refractivity contribution in [3.63, 3.8) is 0 Å². The van der Waals surface area contributed by atoms with Crippen molar-refractivity contribution in [2.75, 3.05) is 6.61 Å². The van der Waals surface area contributed by atoms with Crippen LogP contribution >= 0.6 is 0 Å². The maximum atomic E-state index is 10.9. The lowest BCUT2D eigenvalue weighted by atomic mass is 9.81. The van der Waals surface area contributed by atoms with Gasteiger partial charge in [0.2, 0.25) is 0 Å². The van der Waals surface area contributed by atoms with Gasteiger partial charge in [-0.3, -0.25) is 0 Å². The zero-order chi connectivity index (χ0) is 23.4. The van der Waals surface area contributed by atoms with E-state index in [9.17, 15) is 5.11 Å². The summed E-state index contributed by atoms with van der Waals surface area (Å²) in [5, 5.41) is 10.9. The van der Waals surface area contributed by atoms with Crippen LogP contribution in [0.25, 0.3) is 0 Å². The number of hydrogen-bond acceptors (Lipinski definition) is 4. The molecule has 4 nitrogen and oxygen atoms in total. The summed E-state index contributed by atoms with van der Waals surface area (Å²) >= 11 is 0. The summed E-state index contributed by atoms with van der Waals surface area (Å²) in [5.74, 6) is 5.27. The molecule has 0 saturated carbocycles. The van der Waals surface area contributed by atoms with E-state index in [-0.39, 0.29) is 30.0 Å². The third kappa shape index (κ3) is 6.10. The second kappa shape index (κ2) is 11.0. The standard InChI is InChI=1S/C25H48O4Si/c1-13-14-19(8)23(26)21(10)24-20(9)22(28-25(11,12)29-24)15-27-30(16(2)3,17(4)5)18(6)7/h16-24,26H,15H2,1-12H3/t19-,20+,21-,22+,23-,24+/m0/s1. The first-order chi connectivity index (χ1) is 13.7. The summed E-state index contributed by atoms with van der Waals surface area (Å²) in [4.78, 5) is 0. The van der Waals surface area contributed by atoms with E-state index in [1.807, 2.05) is 27.7 Å². The van der Waals surface area contributed by atoms with Crippen LogP contribution in [0.1, 0.15) is 83.1 Å². The molecule has 1 rings (SSSR count). The first kappa shape index (κ1) is 27.7. The van der Waals surface area contributed by atoms with Gasteiger partial charge in [-0.15, -0.1) is 5.92 Å². The van der Waals surface area contributed by atoms with Crippen LogP contribution in [0.5, 0.6) is 0 Å². The van der Waals surface area contributed by atoms with Gasteiger partial charge in [-0.2, -0.15) is 0 Å². The van der Waals surface area contributed by atoms with Gasteiger partial charge in [0.05, 0.1) is 24.9 Å². The summed E-state index contributed by atoms with van der Waals surface area (Å²) in [6.07, 6.45) is -0.730. The second-order valence-corrected chi connectivity index (χ2v) is 16.1. The number of rotatable bonds is 9. The van der Waals surface area contributed by atoms with Crippen molar-refractivity contribution >= 4 is 8.32 Å². The predicted molar refractivity (Wildman–Crippen MR) is 128 cm³/mol. The van der Waals surface area contributed by atoms with Crippen LogP contribution in [0.15, 0.2) is 0 Å². The minimum absolute atomic E-state index is 0.0520. The molecule has 0 aromatic heterocycles. The number of aliphatic hydroxyl groups excluding tert-OH is 1. The average Bonchev–Trinajstić information content (AvgIpc) is 2.62. The lowest BCUT2D eigenvalue weighted by Gasteiger charge is -2.49. The van der Waals surface area contributed by atoms with Crippen molar-refractivity contribution in [3.05, 3.63) is 0 Å². The molecule has 0 aromatic carbocycles. The Labute approximate surface area is 187 Å². The van der Waals surface area contributed by atoms with E-state index in [1.54, 1.807) is 0 Å². The van der Waals surface area contributed by atoms with Crippen molar-refractivity contribution in [3.8, 4) is 11.8 Å². The van der Waals surface area contributed by atoms with Crippen molar-refractivity contribution in [1.82, 2.24) is 0 Å². The molecule has 6 atom stereocenters. The fourth-order valence-corrected chi connectivity index (χ4v) is 11.1. The summed E-state index contributed by atoms with van der Waals surface area (Å²) in [5.41, 5.74) is 1.60. The van der Waals surface area contributed by atoms with E-state index < -0.39 is 20.2 Å². The monoisotopic (exact) mass is 440 g/mol. The predicted octanol–water partition coefficient (Wildman–Crippen LogP) is 5.99. The highest BCUT2D eigenvalue weighted by atomic mass is 28.4. The summed E-state index contributed by atoms with van der Waals surface area (Å²) in [7, 11) is -1.98. The van der Waals surface area contributed by atoms with Gasteiger partial charge in [-0.25, -0.2) is 0 Å². The van der Waals surface area contributed by atoms with Crippen LogP contribution in [0.4, 0.5) is 0 Å². The lowest BCUT2D eigenvalue weighted by molar-refractivity contribution is -0.334. The Hall–Kier alpha value is -0.383. The third-order valence-corrected chi connectivity index (χ3v) is 13.2. The molecule has 176 valence electrons. The fourth-order valence-electron chi connectivity index (χ4n) is 5.61. The van der Waals surface area contributed by atoms with Crippen molar-refractivity contribution in [2.24, 2.45) is 17.8 Å². The Morgan fingerprint density at radius 2 is 1.47 bits per heavy atom. The molecule has 1 aliphatic heterocycles. The lowest BCUT2D eigenvalue weighted by Crippen LogP contribution is -2.57. The first-order valence-corrected chi connectivity index (χ1v) is 13.9. The van der Waals surface area contributed by atoms with Crippen LogP contribution < -0.4 is 0 Å². The van der Waals surface area contributed by atoms with Gasteiger partial charge in [0.1, 0.15) is 0 Å². The van der Waals surface area contributed by atoms with Gasteiger partial charge in [-0.1, -0.05) is 61.3 Å². The van der Waals surface area contributed by atoms with E-state index in [2.05, 4.69) is 67.2 Å². The van der Waals surface area contributed by atoms with Gasteiger partial charge in [0, 0.05) is 17.8 Å². The third-order valence-electron chi connectivity index (χ3n) is 7.11. The Morgan fingerprint density at radius 3 is 1.90 bits per heavy atom. The maximum absolute atomic E-state index is 10.9. The molecule has 0 radical (unpaired) electrons. The molecule has 1 N–H and O–H groups in total. The maximum Gasteiger partial charge on any atom is 0.200 e. The first-order valence-electron chi connectivity index (χ1n) is 11.8. The SMILES string of the molecule is CC#C[C@H](C)[C@H](O)[C@H](C)[C@@H]1OC(C)(C)O[C@H](CO[Si](C(C)C)(C(C)C)C(C)C)[C@H]1C. The molecular weight excluding hydrogens is 392 g/mol. The average molecular weight is 441 g/mol. The molecule has 1 saturated heterocycles. The number of ether oxygens (including phenoxy) is 2. The topological polar surface area (TPSA) is 47.9 Å². The van der Waals surface area contributed by atoms with Crippen LogP contribution in [0, 0.1) is 29.6 Å². The minimum Gasteiger partial charge on any atom is -0.413 e. The molecular formula is C25H48O4Si. The molecule has 5 heteroatoms. The van der Waals surface area contributed by atoms with Gasteiger partial charge in [-0.05, 0) is 44.3 Å². The normalized spacial score (nSPS) is 27.7. The zero-order valence-corrected chi connectivity index (χ0v) is 22.6. The molecule has 1 fully saturated rings. The quantitative estimate of drug-likeness (QED) is 0.353. The van der Waals surface area contributed by atoms with Crippen molar-refractivity contribution in [2.45, 2.75) is 124 Å². The van der Waals surface area contributed by atoms with Crippen LogP contribution in [0.2, 0.25) is 16.6 Å². The number of aliphatic hydroxyl groups is 1. The molecule has 30 heavy (non-hydrogen) atoms. The van der Waals surface area contributed by atoms with E-state index >= 15 is 0 Å². The highest BCUT2D eigenvalue weighted by Gasteiger charge is 2.49. The molecule has 0 bridgehead atoms. The zero-order valence-electron chi connectivity index (χ0n) is 21.6. The number of hydrogen-bond donors (Lipinski definition) is 1. The van der Waals surface area contributed by atoms with Gasteiger partial charge in [0.15, 0.2) is 14.1 Å². The highest BCUT2D eigenvalue weighted by Crippen LogP contribution is 2.43. The van der Waals surface area contributed by atoms with E-state index in [0.29, 0.717) is 23.2 Å². The smallest absolute Gasteiger partial charge is 0.200 e. The Morgan fingerprint density at radius 1 is 0.967 bits per heavy atom. The molecule has 0 aromatic rings. The van der Waals surface area contributed by atoms with E-state index in [1.165, 1.54) is 0 Å². The van der Waals surface area contributed by atoms with Gasteiger partial charge < -0.3 is 19.0 Å². The highest BCUT2D eigenvalue weighted by molar-refractivity contribution is 6.77. The van der Waals surface area contributed by atoms with Crippen molar-refractivity contribution < 1.29 is 19.0 Å². The van der Waals surface area contributed by atoms with Gasteiger partial charge >= 0.3 is 0 Å². The molecule has 0 aliphatic carbocycles. The molecule has 1 heterocycles. The summed E-state index contributed by atoms with van der Waals surface area (Å²) in [6.45, 7) is 26.4. The second-order valence-electron chi connectivity index (χ2n) is 10.7. The summed E-state index contributed by atoms with van der Waals surface area (Å²) < 4.78 is 19.5. The Balaban J connectivity index is 3.08. The van der Waals surface area contributed by atoms with Crippen molar-refractivity contribution in [1.29, 1.82) is 0 Å². The molecule has 0 amide bonds. The Kier molecular flexibility index (Phi) is 10.1. The minimum atomic E-state index is -1.98. The van der Waals surface area contributed by atoms with Crippen LogP contribution in [0.3, 0.4) is 0 Å². The summed E-state index contributed by atoms with van der Waals surface area (Å²) in [6, 6.07) is 0. The molecule has 1 aliphatic rings.